The van der Waals surface area contributed by atoms with Gasteiger partial charge in [0.15, 0.2) is 0 Å². The van der Waals surface area contributed by atoms with E-state index in [1.807, 2.05) is 69.4 Å². The van der Waals surface area contributed by atoms with Gasteiger partial charge in [0, 0.05) is 26.2 Å². The summed E-state index contributed by atoms with van der Waals surface area (Å²) in [5, 5.41) is 0. The number of aryl methyl sites for hydroxylation is 2. The molecule has 2 aliphatic heterocycles. The van der Waals surface area contributed by atoms with Crippen LogP contribution in [0.1, 0.15) is 35.1 Å². The molecule has 0 aromatic heterocycles. The fourth-order valence-corrected chi connectivity index (χ4v) is 7.52. The highest BCUT2D eigenvalue weighted by atomic mass is 32.2. The van der Waals surface area contributed by atoms with Crippen LogP contribution in [-0.2, 0) is 33.1 Å². The van der Waals surface area contributed by atoms with Crippen LogP contribution in [0.4, 0.5) is 0 Å². The molecule has 38 heavy (non-hydrogen) atoms. The van der Waals surface area contributed by atoms with Crippen molar-refractivity contribution in [2.75, 3.05) is 33.2 Å². The van der Waals surface area contributed by atoms with Gasteiger partial charge in [-0.2, -0.15) is 8.61 Å². The number of rotatable bonds is 4. The molecule has 5 rings (SSSR count). The maximum absolute atomic E-state index is 13.5. The van der Waals surface area contributed by atoms with Gasteiger partial charge in [0.1, 0.15) is 0 Å². The van der Waals surface area contributed by atoms with Gasteiger partial charge in [-0.25, -0.2) is 16.8 Å². The summed E-state index contributed by atoms with van der Waals surface area (Å²) in [4.78, 5) is 2.73. The van der Waals surface area contributed by atoms with E-state index in [4.69, 9.17) is 0 Å². The lowest BCUT2D eigenvalue weighted by Crippen LogP contribution is -2.34. The van der Waals surface area contributed by atoms with Crippen molar-refractivity contribution >= 4 is 20.0 Å². The summed E-state index contributed by atoms with van der Waals surface area (Å²) >= 11 is 0. The molecule has 0 aliphatic carbocycles. The zero-order chi connectivity index (χ0) is 27.3. The topological polar surface area (TPSA) is 78.0 Å². The Labute approximate surface area is 227 Å². The highest BCUT2D eigenvalue weighted by Gasteiger charge is 2.26. The highest BCUT2D eigenvalue weighted by Crippen LogP contribution is 2.23. The molecule has 0 amide bonds. The molecule has 2 aliphatic rings. The van der Waals surface area contributed by atoms with Crippen molar-refractivity contribution in [2.45, 2.75) is 49.6 Å². The minimum Gasteiger partial charge on any atom is -0.306 e. The van der Waals surface area contributed by atoms with Gasteiger partial charge in [0.05, 0.1) is 9.79 Å². The first kappa shape index (κ1) is 28.4. The number of fused-ring (bicyclic) bond motifs is 12. The predicted molar refractivity (Wildman–Crippen MR) is 151 cm³/mol. The molecule has 204 valence electrons. The second kappa shape index (κ2) is 12.1. The van der Waals surface area contributed by atoms with Crippen molar-refractivity contribution in [3.63, 3.8) is 0 Å². The zero-order valence-corrected chi connectivity index (χ0v) is 24.0. The van der Waals surface area contributed by atoms with Crippen molar-refractivity contribution in [1.29, 1.82) is 0 Å². The molecule has 0 spiro atoms. The Hall–Kier alpha value is -2.56. The third kappa shape index (κ3) is 6.90. The van der Waals surface area contributed by atoms with Crippen LogP contribution in [0.25, 0.3) is 0 Å². The van der Waals surface area contributed by atoms with Gasteiger partial charge in [-0.05, 0) is 82.2 Å². The first-order valence-electron chi connectivity index (χ1n) is 13.0. The van der Waals surface area contributed by atoms with E-state index in [9.17, 15) is 16.8 Å². The van der Waals surface area contributed by atoms with Crippen molar-refractivity contribution in [1.82, 2.24) is 13.5 Å². The Bertz CT molecular complexity index is 1310. The van der Waals surface area contributed by atoms with Crippen LogP contribution in [0, 0.1) is 13.8 Å². The van der Waals surface area contributed by atoms with Gasteiger partial charge in [-0.15, -0.1) is 0 Å². The molecule has 2 heterocycles. The van der Waals surface area contributed by atoms with Gasteiger partial charge in [-0.1, -0.05) is 59.7 Å². The smallest absolute Gasteiger partial charge is 0.243 e. The number of nitrogens with zero attached hydrogens (tertiary/aromatic N) is 3. The Morgan fingerprint density at radius 3 is 1.21 bits per heavy atom. The largest absolute Gasteiger partial charge is 0.306 e. The standard InChI is InChI=1S/C29H37N3O4S2/c1-24-6-14-28(15-7-24)37(33,34)31-20-4-18-30(3)19-5-21-32(23-27-12-10-26(22-31)11-13-27)38(35,36)29-16-8-25(2)9-17-29/h6-17H,4-5,18-23H2,1-3H3. The molecule has 3 aromatic rings. The summed E-state index contributed by atoms with van der Waals surface area (Å²) in [6.07, 6.45) is 1.34. The zero-order valence-electron chi connectivity index (χ0n) is 22.4. The molecule has 0 N–H and O–H groups in total. The number of benzene rings is 3. The summed E-state index contributed by atoms with van der Waals surface area (Å²) in [5.41, 5.74) is 3.74. The Balaban J connectivity index is 1.62. The van der Waals surface area contributed by atoms with Crippen LogP contribution in [0.15, 0.2) is 82.6 Å². The first-order valence-corrected chi connectivity index (χ1v) is 15.8. The van der Waals surface area contributed by atoms with E-state index >= 15 is 0 Å². The molecule has 7 nitrogen and oxygen atoms in total. The molecule has 0 fully saturated rings. The second-order valence-corrected chi connectivity index (χ2v) is 14.0. The Kier molecular flexibility index (Phi) is 9.05. The number of hydrogen-bond donors (Lipinski definition) is 0. The molecule has 9 heteroatoms. The van der Waals surface area contributed by atoms with Gasteiger partial charge in [0.2, 0.25) is 20.0 Å². The third-order valence-corrected chi connectivity index (χ3v) is 10.7. The van der Waals surface area contributed by atoms with Gasteiger partial charge >= 0.3 is 0 Å². The summed E-state index contributed by atoms with van der Waals surface area (Å²) in [7, 11) is -5.34. The van der Waals surface area contributed by atoms with E-state index in [1.54, 1.807) is 32.9 Å². The lowest BCUT2D eigenvalue weighted by Gasteiger charge is -2.24. The van der Waals surface area contributed by atoms with Gasteiger partial charge in [0.25, 0.3) is 0 Å². The van der Waals surface area contributed by atoms with E-state index in [0.717, 1.165) is 22.3 Å². The normalized spacial score (nSPS) is 17.7. The van der Waals surface area contributed by atoms with Crippen molar-refractivity contribution in [3.8, 4) is 0 Å². The lowest BCUT2D eigenvalue weighted by molar-refractivity contribution is 0.288. The molecule has 0 unspecified atom stereocenters. The lowest BCUT2D eigenvalue weighted by atomic mass is 10.1. The van der Waals surface area contributed by atoms with E-state index in [-0.39, 0.29) is 13.1 Å². The average Bonchev–Trinajstić information content (AvgIpc) is 2.89. The minimum absolute atomic E-state index is 0.256. The molecule has 0 saturated heterocycles. The van der Waals surface area contributed by atoms with Crippen molar-refractivity contribution in [2.24, 2.45) is 0 Å². The fraction of sp³-hybridized carbons (Fsp3) is 0.379. The van der Waals surface area contributed by atoms with Crippen LogP contribution in [0.2, 0.25) is 0 Å². The Morgan fingerprint density at radius 1 is 0.526 bits per heavy atom. The Morgan fingerprint density at radius 2 is 0.868 bits per heavy atom. The van der Waals surface area contributed by atoms with Gasteiger partial charge in [-0.3, -0.25) is 0 Å². The maximum Gasteiger partial charge on any atom is 0.243 e. The van der Waals surface area contributed by atoms with Crippen LogP contribution >= 0.6 is 0 Å². The first-order chi connectivity index (χ1) is 18.1. The molecular weight excluding hydrogens is 518 g/mol. The van der Waals surface area contributed by atoms with Crippen LogP contribution < -0.4 is 0 Å². The van der Waals surface area contributed by atoms with E-state index in [2.05, 4.69) is 4.90 Å². The molecule has 2 bridgehead atoms. The summed E-state index contributed by atoms with van der Waals surface area (Å²) in [5.74, 6) is 0. The van der Waals surface area contributed by atoms with Gasteiger partial charge < -0.3 is 4.90 Å². The van der Waals surface area contributed by atoms with Crippen LogP contribution in [0.5, 0.6) is 0 Å². The summed E-state index contributed by atoms with van der Waals surface area (Å²) in [6.45, 7) is 6.60. The van der Waals surface area contributed by atoms with Crippen LogP contribution in [0.3, 0.4) is 0 Å². The third-order valence-electron chi connectivity index (χ3n) is 6.95. The monoisotopic (exact) mass is 555 g/mol. The molecule has 0 saturated carbocycles. The molecule has 0 radical (unpaired) electrons. The molecular formula is C29H37N3O4S2. The fourth-order valence-electron chi connectivity index (χ4n) is 4.59. The van der Waals surface area contributed by atoms with Crippen molar-refractivity contribution in [3.05, 3.63) is 95.1 Å². The average molecular weight is 556 g/mol. The van der Waals surface area contributed by atoms with Crippen LogP contribution in [-0.4, -0.2) is 63.6 Å². The number of hydrogen-bond acceptors (Lipinski definition) is 5. The number of sulfonamides is 2. The molecule has 0 atom stereocenters. The molecule has 3 aromatic carbocycles. The summed E-state index contributed by atoms with van der Waals surface area (Å²) in [6, 6.07) is 21.5. The quantitative estimate of drug-likeness (QED) is 0.477. The van der Waals surface area contributed by atoms with E-state index < -0.39 is 20.0 Å². The van der Waals surface area contributed by atoms with E-state index in [1.165, 1.54) is 0 Å². The maximum atomic E-state index is 13.5. The SMILES string of the molecule is Cc1ccc(S(=O)(=O)N2CCCN(C)CCCN(S(=O)(=O)c3ccc(C)cc3)Cc3ccc(cc3)C2)cc1. The second-order valence-electron chi connectivity index (χ2n) is 10.1. The van der Waals surface area contributed by atoms with Crippen molar-refractivity contribution < 1.29 is 16.8 Å². The summed E-state index contributed by atoms with van der Waals surface area (Å²) < 4.78 is 57.2. The minimum atomic E-state index is -3.66. The predicted octanol–water partition coefficient (Wildman–Crippen LogP) is 4.41. The highest BCUT2D eigenvalue weighted by molar-refractivity contribution is 7.89. The van der Waals surface area contributed by atoms with E-state index in [0.29, 0.717) is 48.8 Å².